The van der Waals surface area contributed by atoms with Crippen molar-refractivity contribution in [3.8, 4) is 5.75 Å². The molecular weight excluding hydrogens is 258 g/mol. The second kappa shape index (κ2) is 4.88. The molecule has 1 heterocycles. The van der Waals surface area contributed by atoms with Crippen LogP contribution < -0.4 is 4.74 Å². The average molecular weight is 273 g/mol. The third kappa shape index (κ3) is 2.75. The number of ether oxygens (including phenoxy) is 1. The van der Waals surface area contributed by atoms with Crippen molar-refractivity contribution >= 4 is 21.8 Å². The number of thioether (sulfide) groups is 1. The molecular formula is C11H15NO3S2. The van der Waals surface area contributed by atoms with Gasteiger partial charge in [-0.05, 0) is 17.7 Å². The third-order valence-electron chi connectivity index (χ3n) is 2.68. The lowest BCUT2D eigenvalue weighted by Crippen LogP contribution is -2.29. The van der Waals surface area contributed by atoms with Crippen LogP contribution in [0.5, 0.6) is 5.75 Å². The molecule has 17 heavy (non-hydrogen) atoms. The highest BCUT2D eigenvalue weighted by molar-refractivity contribution is 8.00. The molecule has 1 unspecified atom stereocenters. The van der Waals surface area contributed by atoms with E-state index in [-0.39, 0.29) is 5.37 Å². The minimum absolute atomic E-state index is 0.101. The summed E-state index contributed by atoms with van der Waals surface area (Å²) in [6.07, 6.45) is 1.26. The maximum absolute atomic E-state index is 11.6. The molecule has 0 aromatic heterocycles. The van der Waals surface area contributed by atoms with Crippen LogP contribution in [0.2, 0.25) is 0 Å². The first-order valence-corrected chi connectivity index (χ1v) is 8.14. The molecule has 1 aromatic rings. The van der Waals surface area contributed by atoms with Crippen LogP contribution >= 0.6 is 11.8 Å². The number of hydrogen-bond acceptors (Lipinski definition) is 4. The molecule has 1 aromatic carbocycles. The molecule has 0 bridgehead atoms. The molecule has 1 aliphatic rings. The van der Waals surface area contributed by atoms with Gasteiger partial charge in [-0.25, -0.2) is 8.42 Å². The molecule has 0 saturated carbocycles. The van der Waals surface area contributed by atoms with E-state index in [1.165, 1.54) is 6.26 Å². The van der Waals surface area contributed by atoms with Crippen molar-refractivity contribution in [3.63, 3.8) is 0 Å². The Labute approximate surface area is 106 Å². The molecule has 2 rings (SSSR count). The van der Waals surface area contributed by atoms with Crippen molar-refractivity contribution in [2.24, 2.45) is 0 Å². The number of benzene rings is 1. The van der Waals surface area contributed by atoms with Crippen LogP contribution in [0.25, 0.3) is 0 Å². The standard InChI is InChI=1S/C11H15NO3S2/c1-15-10-5-3-9(4-6-10)11-12(7-8-16-11)17(2,13)14/h3-6,11H,7-8H2,1-2H3. The summed E-state index contributed by atoms with van der Waals surface area (Å²) in [4.78, 5) is 0. The molecule has 1 aliphatic heterocycles. The zero-order chi connectivity index (χ0) is 12.5. The summed E-state index contributed by atoms with van der Waals surface area (Å²) in [5.41, 5.74) is 0.999. The lowest BCUT2D eigenvalue weighted by molar-refractivity contribution is 0.413. The molecule has 1 fully saturated rings. The minimum atomic E-state index is -3.13. The Kier molecular flexibility index (Phi) is 3.65. The Bertz CT molecular complexity index is 484. The maximum atomic E-state index is 11.6. The Morgan fingerprint density at radius 1 is 1.35 bits per heavy atom. The number of rotatable bonds is 3. The molecule has 0 N–H and O–H groups in total. The fraction of sp³-hybridized carbons (Fsp3) is 0.455. The van der Waals surface area contributed by atoms with E-state index in [1.807, 2.05) is 24.3 Å². The molecule has 1 saturated heterocycles. The Balaban J connectivity index is 2.26. The molecule has 1 atom stereocenters. The van der Waals surface area contributed by atoms with Gasteiger partial charge in [0.1, 0.15) is 5.75 Å². The zero-order valence-electron chi connectivity index (χ0n) is 9.79. The Morgan fingerprint density at radius 3 is 2.53 bits per heavy atom. The van der Waals surface area contributed by atoms with Crippen molar-refractivity contribution in [3.05, 3.63) is 29.8 Å². The van der Waals surface area contributed by atoms with E-state index in [0.29, 0.717) is 6.54 Å². The van der Waals surface area contributed by atoms with Crippen molar-refractivity contribution in [1.82, 2.24) is 4.31 Å². The maximum Gasteiger partial charge on any atom is 0.212 e. The molecule has 4 nitrogen and oxygen atoms in total. The van der Waals surface area contributed by atoms with Gasteiger partial charge in [-0.1, -0.05) is 12.1 Å². The van der Waals surface area contributed by atoms with Gasteiger partial charge < -0.3 is 4.74 Å². The van der Waals surface area contributed by atoms with Crippen LogP contribution in [0.15, 0.2) is 24.3 Å². The highest BCUT2D eigenvalue weighted by atomic mass is 32.2. The Morgan fingerprint density at radius 2 is 2.00 bits per heavy atom. The first-order chi connectivity index (χ1) is 8.02. The fourth-order valence-corrected chi connectivity index (χ4v) is 4.63. The van der Waals surface area contributed by atoms with Gasteiger partial charge in [0.15, 0.2) is 0 Å². The minimum Gasteiger partial charge on any atom is -0.497 e. The van der Waals surface area contributed by atoms with Gasteiger partial charge in [0.25, 0.3) is 0 Å². The molecule has 0 amide bonds. The predicted molar refractivity (Wildman–Crippen MR) is 69.7 cm³/mol. The first kappa shape index (κ1) is 12.7. The van der Waals surface area contributed by atoms with Crippen LogP contribution in [0, 0.1) is 0 Å². The monoisotopic (exact) mass is 273 g/mol. The van der Waals surface area contributed by atoms with Crippen LogP contribution in [-0.4, -0.2) is 38.4 Å². The van der Waals surface area contributed by atoms with Gasteiger partial charge in [-0.15, -0.1) is 11.8 Å². The number of methoxy groups -OCH3 is 1. The highest BCUT2D eigenvalue weighted by Gasteiger charge is 2.32. The molecule has 0 radical (unpaired) electrons. The second-order valence-corrected chi connectivity index (χ2v) is 6.99. The smallest absolute Gasteiger partial charge is 0.212 e. The van der Waals surface area contributed by atoms with E-state index in [9.17, 15) is 8.42 Å². The summed E-state index contributed by atoms with van der Waals surface area (Å²) in [6, 6.07) is 7.54. The highest BCUT2D eigenvalue weighted by Crippen LogP contribution is 2.39. The van der Waals surface area contributed by atoms with Gasteiger partial charge in [-0.3, -0.25) is 0 Å². The molecule has 6 heteroatoms. The van der Waals surface area contributed by atoms with E-state index in [0.717, 1.165) is 17.1 Å². The van der Waals surface area contributed by atoms with E-state index in [1.54, 1.807) is 23.2 Å². The zero-order valence-corrected chi connectivity index (χ0v) is 11.4. The Hall–Kier alpha value is -0.720. The summed E-state index contributed by atoms with van der Waals surface area (Å²) in [6.45, 7) is 0.584. The van der Waals surface area contributed by atoms with Gasteiger partial charge in [0, 0.05) is 12.3 Å². The van der Waals surface area contributed by atoms with Crippen LogP contribution in [0.3, 0.4) is 0 Å². The number of sulfonamides is 1. The summed E-state index contributed by atoms with van der Waals surface area (Å²) in [5.74, 6) is 1.62. The van der Waals surface area contributed by atoms with Crippen molar-refractivity contribution in [1.29, 1.82) is 0 Å². The molecule has 94 valence electrons. The topological polar surface area (TPSA) is 46.6 Å². The fourth-order valence-electron chi connectivity index (χ4n) is 1.83. The van der Waals surface area contributed by atoms with Crippen molar-refractivity contribution in [2.75, 3.05) is 25.7 Å². The SMILES string of the molecule is COc1ccc(C2SCCN2S(C)(=O)=O)cc1. The summed E-state index contributed by atoms with van der Waals surface area (Å²) >= 11 is 1.65. The van der Waals surface area contributed by atoms with Gasteiger partial charge >= 0.3 is 0 Å². The van der Waals surface area contributed by atoms with Crippen molar-refractivity contribution < 1.29 is 13.2 Å². The van der Waals surface area contributed by atoms with E-state index >= 15 is 0 Å². The average Bonchev–Trinajstić information content (AvgIpc) is 2.78. The lowest BCUT2D eigenvalue weighted by Gasteiger charge is -2.21. The quantitative estimate of drug-likeness (QED) is 0.841. The van der Waals surface area contributed by atoms with E-state index in [4.69, 9.17) is 4.74 Å². The van der Waals surface area contributed by atoms with Gasteiger partial charge in [0.05, 0.1) is 18.7 Å². The predicted octanol–water partition coefficient (Wildman–Crippen LogP) is 1.70. The van der Waals surface area contributed by atoms with E-state index < -0.39 is 10.0 Å². The molecule has 0 aliphatic carbocycles. The number of hydrogen-bond donors (Lipinski definition) is 0. The van der Waals surface area contributed by atoms with Gasteiger partial charge in [0.2, 0.25) is 10.0 Å². The summed E-state index contributed by atoms with van der Waals surface area (Å²) in [5, 5.41) is -0.101. The summed E-state index contributed by atoms with van der Waals surface area (Å²) in [7, 11) is -1.52. The normalized spacial score (nSPS) is 21.6. The second-order valence-electron chi connectivity index (χ2n) is 3.87. The number of nitrogens with zero attached hydrogens (tertiary/aromatic N) is 1. The summed E-state index contributed by atoms with van der Waals surface area (Å²) < 4.78 is 29.9. The third-order valence-corrected chi connectivity index (χ3v) is 5.32. The first-order valence-electron chi connectivity index (χ1n) is 5.25. The van der Waals surface area contributed by atoms with E-state index in [2.05, 4.69) is 0 Å². The van der Waals surface area contributed by atoms with Crippen LogP contribution in [-0.2, 0) is 10.0 Å². The lowest BCUT2D eigenvalue weighted by atomic mass is 10.2. The van der Waals surface area contributed by atoms with Crippen LogP contribution in [0.4, 0.5) is 0 Å². The van der Waals surface area contributed by atoms with Gasteiger partial charge in [-0.2, -0.15) is 4.31 Å². The largest absolute Gasteiger partial charge is 0.497 e. The van der Waals surface area contributed by atoms with Crippen molar-refractivity contribution in [2.45, 2.75) is 5.37 Å². The van der Waals surface area contributed by atoms with Crippen LogP contribution in [0.1, 0.15) is 10.9 Å². The molecule has 0 spiro atoms.